The zero-order valence-corrected chi connectivity index (χ0v) is 10.5. The van der Waals surface area contributed by atoms with Gasteiger partial charge >= 0.3 is 5.97 Å². The Kier molecular flexibility index (Phi) is 3.55. The van der Waals surface area contributed by atoms with Gasteiger partial charge in [0, 0.05) is 11.6 Å². The summed E-state index contributed by atoms with van der Waals surface area (Å²) in [5.74, 6) is -3.86. The smallest absolute Gasteiger partial charge is 0.321 e. The van der Waals surface area contributed by atoms with E-state index in [4.69, 9.17) is 5.11 Å². The molecule has 1 saturated heterocycles. The Morgan fingerprint density at radius 2 is 2.00 bits per heavy atom. The first kappa shape index (κ1) is 13.9. The van der Waals surface area contributed by atoms with Gasteiger partial charge < -0.3 is 5.11 Å². The second kappa shape index (κ2) is 4.86. The van der Waals surface area contributed by atoms with Crippen molar-refractivity contribution in [2.75, 3.05) is 11.5 Å². The fourth-order valence-corrected chi connectivity index (χ4v) is 3.69. The Labute approximate surface area is 108 Å². The summed E-state index contributed by atoms with van der Waals surface area (Å²) in [5, 5.41) is 11.4. The van der Waals surface area contributed by atoms with E-state index in [9.17, 15) is 22.0 Å². The van der Waals surface area contributed by atoms with Crippen LogP contribution in [0, 0.1) is 11.6 Å². The van der Waals surface area contributed by atoms with Crippen LogP contribution in [0.1, 0.15) is 11.6 Å². The van der Waals surface area contributed by atoms with Crippen LogP contribution < -0.4 is 5.32 Å². The lowest BCUT2D eigenvalue weighted by atomic mass is 10.1. The van der Waals surface area contributed by atoms with E-state index >= 15 is 0 Å². The summed E-state index contributed by atoms with van der Waals surface area (Å²) < 4.78 is 49.9. The quantitative estimate of drug-likeness (QED) is 0.828. The molecule has 19 heavy (non-hydrogen) atoms. The second-order valence-electron chi connectivity index (χ2n) is 4.35. The van der Waals surface area contributed by atoms with Crippen molar-refractivity contribution in [3.8, 4) is 0 Å². The van der Waals surface area contributed by atoms with Crippen LogP contribution in [0.5, 0.6) is 0 Å². The van der Waals surface area contributed by atoms with Crippen LogP contribution in [0.2, 0.25) is 0 Å². The molecule has 0 spiro atoms. The summed E-state index contributed by atoms with van der Waals surface area (Å²) in [6, 6.07) is 0.253. The third-order valence-corrected chi connectivity index (χ3v) is 4.56. The van der Waals surface area contributed by atoms with Crippen LogP contribution in [-0.4, -0.2) is 37.0 Å². The van der Waals surface area contributed by atoms with Crippen LogP contribution in [0.25, 0.3) is 0 Å². The van der Waals surface area contributed by atoms with Gasteiger partial charge in [-0.2, -0.15) is 0 Å². The van der Waals surface area contributed by atoms with Crippen LogP contribution in [0.15, 0.2) is 18.2 Å². The summed E-state index contributed by atoms with van der Waals surface area (Å²) in [7, 11) is -3.64. The maximum Gasteiger partial charge on any atom is 0.321 e. The lowest BCUT2D eigenvalue weighted by molar-refractivity contribution is -0.139. The van der Waals surface area contributed by atoms with Gasteiger partial charge in [0.05, 0.1) is 11.5 Å². The summed E-state index contributed by atoms with van der Waals surface area (Å²) >= 11 is 0. The van der Waals surface area contributed by atoms with Crippen molar-refractivity contribution < 1.29 is 27.1 Å². The summed E-state index contributed by atoms with van der Waals surface area (Å²) in [6.07, 6.45) is 0. The number of halogens is 2. The maximum absolute atomic E-state index is 13.6. The minimum atomic E-state index is -3.64. The van der Waals surface area contributed by atoms with Gasteiger partial charge in [-0.1, -0.05) is 0 Å². The minimum absolute atomic E-state index is 0.186. The molecule has 2 unspecified atom stereocenters. The van der Waals surface area contributed by atoms with E-state index in [0.717, 1.165) is 18.2 Å². The monoisotopic (exact) mass is 291 g/mol. The van der Waals surface area contributed by atoms with Gasteiger partial charge in [0.15, 0.2) is 9.84 Å². The van der Waals surface area contributed by atoms with Gasteiger partial charge in [0.25, 0.3) is 0 Å². The van der Waals surface area contributed by atoms with E-state index in [2.05, 4.69) is 5.32 Å². The van der Waals surface area contributed by atoms with Crippen molar-refractivity contribution in [1.29, 1.82) is 0 Å². The van der Waals surface area contributed by atoms with Gasteiger partial charge in [-0.25, -0.2) is 17.2 Å². The predicted molar refractivity (Wildman–Crippen MR) is 62.3 cm³/mol. The largest absolute Gasteiger partial charge is 0.480 e. The van der Waals surface area contributed by atoms with Crippen LogP contribution >= 0.6 is 0 Å². The number of rotatable bonds is 2. The Balaban J connectivity index is 2.38. The molecule has 104 valence electrons. The number of nitrogens with one attached hydrogen (secondary N) is 1. The number of carbonyl (C=O) groups is 1. The lowest BCUT2D eigenvalue weighted by Gasteiger charge is -2.29. The Bertz CT molecular complexity index is 617. The highest BCUT2D eigenvalue weighted by Crippen LogP contribution is 2.24. The average molecular weight is 291 g/mol. The van der Waals surface area contributed by atoms with E-state index in [1.807, 2.05) is 0 Å². The summed E-state index contributed by atoms with van der Waals surface area (Å²) in [5.41, 5.74) is -0.186. The van der Waals surface area contributed by atoms with Crippen molar-refractivity contribution in [2.24, 2.45) is 0 Å². The van der Waals surface area contributed by atoms with Crippen LogP contribution in [-0.2, 0) is 14.6 Å². The summed E-state index contributed by atoms with van der Waals surface area (Å²) in [4.78, 5) is 10.9. The third-order valence-electron chi connectivity index (χ3n) is 2.88. The van der Waals surface area contributed by atoms with Crippen molar-refractivity contribution in [2.45, 2.75) is 12.1 Å². The Morgan fingerprint density at radius 3 is 2.63 bits per heavy atom. The number of hydrogen-bond acceptors (Lipinski definition) is 4. The molecule has 0 bridgehead atoms. The van der Waals surface area contributed by atoms with Crippen molar-refractivity contribution in [3.63, 3.8) is 0 Å². The SMILES string of the molecule is O=C(O)C1CS(=O)(=O)CC(c2cc(F)ccc2F)N1. The third kappa shape index (κ3) is 3.07. The van der Waals surface area contributed by atoms with E-state index in [0.29, 0.717) is 0 Å². The molecule has 1 aromatic rings. The zero-order valence-electron chi connectivity index (χ0n) is 9.64. The molecule has 0 aliphatic carbocycles. The highest BCUT2D eigenvalue weighted by Gasteiger charge is 2.36. The molecule has 5 nitrogen and oxygen atoms in total. The van der Waals surface area contributed by atoms with Crippen LogP contribution in [0.3, 0.4) is 0 Å². The first-order valence-electron chi connectivity index (χ1n) is 5.43. The molecule has 0 aromatic heterocycles. The molecule has 2 rings (SSSR count). The highest BCUT2D eigenvalue weighted by atomic mass is 32.2. The van der Waals surface area contributed by atoms with E-state index in [1.54, 1.807) is 0 Å². The van der Waals surface area contributed by atoms with E-state index in [1.165, 1.54) is 0 Å². The standard InChI is InChI=1S/C11H11F2NO4S/c12-6-1-2-8(13)7(3-6)9-4-19(17,18)5-10(14-9)11(15)16/h1-3,9-10,14H,4-5H2,(H,15,16). The fraction of sp³-hybridized carbons (Fsp3) is 0.364. The molecule has 2 atom stereocenters. The normalized spacial score (nSPS) is 26.0. The van der Waals surface area contributed by atoms with Gasteiger partial charge in [-0.15, -0.1) is 0 Å². The van der Waals surface area contributed by atoms with E-state index in [-0.39, 0.29) is 5.56 Å². The average Bonchev–Trinajstić information content (AvgIpc) is 2.30. The molecule has 1 aliphatic rings. The highest BCUT2D eigenvalue weighted by molar-refractivity contribution is 7.91. The van der Waals surface area contributed by atoms with Crippen molar-refractivity contribution >= 4 is 15.8 Å². The molecule has 8 heteroatoms. The topological polar surface area (TPSA) is 83.5 Å². The van der Waals surface area contributed by atoms with Crippen molar-refractivity contribution in [1.82, 2.24) is 5.32 Å². The first-order chi connectivity index (χ1) is 8.78. The second-order valence-corrected chi connectivity index (χ2v) is 6.51. The molecule has 1 aliphatic heterocycles. The molecular formula is C11H11F2NO4S. The zero-order chi connectivity index (χ0) is 14.2. The molecule has 0 amide bonds. The number of benzene rings is 1. The molecule has 0 saturated carbocycles. The molecule has 2 N–H and O–H groups in total. The van der Waals surface area contributed by atoms with Gasteiger partial charge in [-0.3, -0.25) is 10.1 Å². The van der Waals surface area contributed by atoms with Gasteiger partial charge in [0.1, 0.15) is 17.7 Å². The van der Waals surface area contributed by atoms with Gasteiger partial charge in [-0.05, 0) is 18.2 Å². The Hall–Kier alpha value is -1.54. The van der Waals surface area contributed by atoms with Crippen LogP contribution in [0.4, 0.5) is 8.78 Å². The maximum atomic E-state index is 13.6. The molecular weight excluding hydrogens is 280 g/mol. The number of carboxylic acid groups (broad SMARTS) is 1. The molecule has 1 heterocycles. The first-order valence-corrected chi connectivity index (χ1v) is 7.25. The lowest BCUT2D eigenvalue weighted by Crippen LogP contribution is -2.51. The fourth-order valence-electron chi connectivity index (χ4n) is 2.02. The molecule has 1 aromatic carbocycles. The number of aliphatic carboxylic acids is 1. The number of hydrogen-bond donors (Lipinski definition) is 2. The minimum Gasteiger partial charge on any atom is -0.480 e. The summed E-state index contributed by atoms with van der Waals surface area (Å²) in [6.45, 7) is 0. The number of carboxylic acids is 1. The Morgan fingerprint density at radius 1 is 1.32 bits per heavy atom. The number of sulfone groups is 1. The van der Waals surface area contributed by atoms with Gasteiger partial charge in [0.2, 0.25) is 0 Å². The molecule has 1 fully saturated rings. The van der Waals surface area contributed by atoms with E-state index < -0.39 is 51.0 Å². The molecule has 0 radical (unpaired) electrons. The van der Waals surface area contributed by atoms with Crippen molar-refractivity contribution in [3.05, 3.63) is 35.4 Å². The predicted octanol–water partition coefficient (Wildman–Crippen LogP) is 0.477.